The highest BCUT2D eigenvalue weighted by Gasteiger charge is 2.07. The Labute approximate surface area is 150 Å². The fraction of sp³-hybridized carbons (Fsp3) is 0.150. The van der Waals surface area contributed by atoms with E-state index in [4.69, 9.17) is 0 Å². The van der Waals surface area contributed by atoms with Gasteiger partial charge in [0.25, 0.3) is 5.69 Å². The van der Waals surface area contributed by atoms with E-state index in [1.54, 1.807) is 23.5 Å². The Kier molecular flexibility index (Phi) is 5.05. The van der Waals surface area contributed by atoms with E-state index in [0.717, 1.165) is 21.8 Å². The monoisotopic (exact) mass is 350 g/mol. The molecule has 0 fully saturated rings. The van der Waals surface area contributed by atoms with E-state index in [2.05, 4.69) is 43.1 Å². The van der Waals surface area contributed by atoms with E-state index in [0.29, 0.717) is 5.92 Å². The van der Waals surface area contributed by atoms with Gasteiger partial charge in [-0.05, 0) is 35.3 Å². The lowest BCUT2D eigenvalue weighted by molar-refractivity contribution is -0.384. The topological polar surface area (TPSA) is 56.0 Å². The summed E-state index contributed by atoms with van der Waals surface area (Å²) < 4.78 is 0. The summed E-state index contributed by atoms with van der Waals surface area (Å²) in [6.45, 7) is 4.36. The van der Waals surface area contributed by atoms with Crippen molar-refractivity contribution in [3.63, 3.8) is 0 Å². The lowest BCUT2D eigenvalue weighted by atomic mass is 10.0. The minimum Gasteiger partial charge on any atom is -0.258 e. The number of aromatic nitrogens is 1. The fourth-order valence-electron chi connectivity index (χ4n) is 2.41. The minimum absolute atomic E-state index is 0.0870. The summed E-state index contributed by atoms with van der Waals surface area (Å²) in [5.74, 6) is 0.529. The highest BCUT2D eigenvalue weighted by atomic mass is 32.1. The number of nitrogens with zero attached hydrogens (tertiary/aromatic N) is 2. The standard InChI is InChI=1S/C20H18N2O2S/c1-14(2)16-6-3-15(4-7-16)5-12-20-21-19(13-25-20)17-8-10-18(11-9-17)22(23)24/h3-14H,1-2H3. The van der Waals surface area contributed by atoms with Crippen LogP contribution in [0, 0.1) is 10.1 Å². The van der Waals surface area contributed by atoms with Crippen molar-refractivity contribution in [1.29, 1.82) is 0 Å². The van der Waals surface area contributed by atoms with E-state index in [1.807, 2.05) is 17.5 Å². The van der Waals surface area contributed by atoms with Gasteiger partial charge >= 0.3 is 0 Å². The van der Waals surface area contributed by atoms with Gasteiger partial charge in [0.1, 0.15) is 5.01 Å². The molecule has 5 heteroatoms. The summed E-state index contributed by atoms with van der Waals surface area (Å²) >= 11 is 1.55. The van der Waals surface area contributed by atoms with Crippen LogP contribution in [0.1, 0.15) is 35.9 Å². The molecule has 0 unspecified atom stereocenters. The van der Waals surface area contributed by atoms with Gasteiger partial charge in [0.15, 0.2) is 0 Å². The lowest BCUT2D eigenvalue weighted by Crippen LogP contribution is -1.87. The molecule has 0 saturated carbocycles. The third-order valence-electron chi connectivity index (χ3n) is 3.92. The first kappa shape index (κ1) is 17.0. The smallest absolute Gasteiger partial charge is 0.258 e. The molecule has 126 valence electrons. The van der Waals surface area contributed by atoms with Gasteiger partial charge in [-0.1, -0.05) is 44.2 Å². The first-order valence-corrected chi connectivity index (χ1v) is 8.89. The van der Waals surface area contributed by atoms with Crippen LogP contribution in [0.5, 0.6) is 0 Å². The van der Waals surface area contributed by atoms with Crippen molar-refractivity contribution in [3.05, 3.63) is 80.2 Å². The number of nitro groups is 1. The van der Waals surface area contributed by atoms with E-state index in [9.17, 15) is 10.1 Å². The van der Waals surface area contributed by atoms with Crippen molar-refractivity contribution in [2.24, 2.45) is 0 Å². The molecule has 2 aromatic carbocycles. The second-order valence-corrected chi connectivity index (χ2v) is 6.92. The third kappa shape index (κ3) is 4.19. The maximum atomic E-state index is 10.7. The Morgan fingerprint density at radius 2 is 1.72 bits per heavy atom. The van der Waals surface area contributed by atoms with Crippen LogP contribution in [0.4, 0.5) is 5.69 Å². The summed E-state index contributed by atoms with van der Waals surface area (Å²) in [6.07, 6.45) is 4.03. The van der Waals surface area contributed by atoms with E-state index in [-0.39, 0.29) is 5.69 Å². The Morgan fingerprint density at radius 1 is 1.04 bits per heavy atom. The highest BCUT2D eigenvalue weighted by Crippen LogP contribution is 2.25. The number of benzene rings is 2. The first-order valence-electron chi connectivity index (χ1n) is 8.01. The van der Waals surface area contributed by atoms with E-state index >= 15 is 0 Å². The SMILES string of the molecule is CC(C)c1ccc(C=Cc2nc(-c3ccc([N+](=O)[O-])cc3)cs2)cc1. The number of rotatable bonds is 5. The molecule has 0 amide bonds. The van der Waals surface area contributed by atoms with Crippen LogP contribution in [0.2, 0.25) is 0 Å². The van der Waals surface area contributed by atoms with Crippen LogP contribution < -0.4 is 0 Å². The number of non-ortho nitro benzene ring substituents is 1. The zero-order valence-corrected chi connectivity index (χ0v) is 14.9. The van der Waals surface area contributed by atoms with Crippen LogP contribution in [-0.2, 0) is 0 Å². The predicted molar refractivity (Wildman–Crippen MR) is 104 cm³/mol. The van der Waals surface area contributed by atoms with Gasteiger partial charge in [-0.15, -0.1) is 11.3 Å². The number of nitro benzene ring substituents is 1. The van der Waals surface area contributed by atoms with Crippen LogP contribution in [-0.4, -0.2) is 9.91 Å². The van der Waals surface area contributed by atoms with Crippen LogP contribution >= 0.6 is 11.3 Å². The molecule has 0 bridgehead atoms. The summed E-state index contributed by atoms with van der Waals surface area (Å²) in [6, 6.07) is 15.0. The van der Waals surface area contributed by atoms with Crippen molar-refractivity contribution in [2.45, 2.75) is 19.8 Å². The molecular formula is C20H18N2O2S. The van der Waals surface area contributed by atoms with Gasteiger partial charge in [-0.3, -0.25) is 10.1 Å². The van der Waals surface area contributed by atoms with Gasteiger partial charge in [0.05, 0.1) is 10.6 Å². The molecule has 1 heterocycles. The molecule has 0 aliphatic heterocycles. The molecule has 0 aliphatic rings. The molecule has 25 heavy (non-hydrogen) atoms. The van der Waals surface area contributed by atoms with Crippen molar-refractivity contribution >= 4 is 29.2 Å². The highest BCUT2D eigenvalue weighted by molar-refractivity contribution is 7.10. The van der Waals surface area contributed by atoms with Crippen molar-refractivity contribution in [3.8, 4) is 11.3 Å². The van der Waals surface area contributed by atoms with Crippen molar-refractivity contribution in [2.75, 3.05) is 0 Å². The largest absolute Gasteiger partial charge is 0.269 e. The average Bonchev–Trinajstić information content (AvgIpc) is 3.09. The van der Waals surface area contributed by atoms with E-state index < -0.39 is 4.92 Å². The predicted octanol–water partition coefficient (Wildman–Crippen LogP) is 6.01. The van der Waals surface area contributed by atoms with Crippen LogP contribution in [0.15, 0.2) is 53.9 Å². The van der Waals surface area contributed by atoms with E-state index in [1.165, 1.54) is 17.7 Å². The normalized spacial score (nSPS) is 11.3. The molecule has 0 saturated heterocycles. The number of hydrogen-bond donors (Lipinski definition) is 0. The van der Waals surface area contributed by atoms with Crippen LogP contribution in [0.25, 0.3) is 23.4 Å². The Hall–Kier alpha value is -2.79. The molecule has 4 nitrogen and oxygen atoms in total. The zero-order valence-electron chi connectivity index (χ0n) is 14.0. The van der Waals surface area contributed by atoms with Crippen molar-refractivity contribution in [1.82, 2.24) is 4.98 Å². The van der Waals surface area contributed by atoms with Gasteiger partial charge in [0.2, 0.25) is 0 Å². The van der Waals surface area contributed by atoms with Gasteiger partial charge in [-0.25, -0.2) is 4.98 Å². The quantitative estimate of drug-likeness (QED) is 0.418. The summed E-state index contributed by atoms with van der Waals surface area (Å²) in [5.41, 5.74) is 4.25. The molecule has 0 spiro atoms. The molecule has 0 atom stereocenters. The van der Waals surface area contributed by atoms with Gasteiger partial charge in [0, 0.05) is 23.1 Å². The minimum atomic E-state index is -0.399. The summed E-state index contributed by atoms with van der Waals surface area (Å²) in [5, 5.41) is 13.6. The zero-order chi connectivity index (χ0) is 17.8. The van der Waals surface area contributed by atoms with Gasteiger partial charge < -0.3 is 0 Å². The lowest BCUT2D eigenvalue weighted by Gasteiger charge is -2.04. The Morgan fingerprint density at radius 3 is 2.32 bits per heavy atom. The molecule has 0 radical (unpaired) electrons. The molecule has 3 aromatic rings. The van der Waals surface area contributed by atoms with Crippen molar-refractivity contribution < 1.29 is 4.92 Å². The second kappa shape index (κ2) is 7.40. The molecule has 0 aliphatic carbocycles. The molecular weight excluding hydrogens is 332 g/mol. The molecule has 3 rings (SSSR count). The summed E-state index contributed by atoms with van der Waals surface area (Å²) in [4.78, 5) is 14.9. The molecule has 0 N–H and O–H groups in total. The van der Waals surface area contributed by atoms with Gasteiger partial charge in [-0.2, -0.15) is 0 Å². The number of hydrogen-bond acceptors (Lipinski definition) is 4. The average molecular weight is 350 g/mol. The Bertz CT molecular complexity index is 894. The van der Waals surface area contributed by atoms with Crippen LogP contribution in [0.3, 0.4) is 0 Å². The maximum absolute atomic E-state index is 10.7. The number of thiazole rings is 1. The Balaban J connectivity index is 1.73. The maximum Gasteiger partial charge on any atom is 0.269 e. The second-order valence-electron chi connectivity index (χ2n) is 6.03. The first-order chi connectivity index (χ1) is 12.0. The fourth-order valence-corrected chi connectivity index (χ4v) is 3.13. The third-order valence-corrected chi connectivity index (χ3v) is 4.73. The summed E-state index contributed by atoms with van der Waals surface area (Å²) in [7, 11) is 0. The molecule has 1 aromatic heterocycles.